The molecule has 3 aromatic rings. The Morgan fingerprint density at radius 1 is 1.03 bits per heavy atom. The zero-order valence-electron chi connectivity index (χ0n) is 21.0. The first-order valence-corrected chi connectivity index (χ1v) is 13.0. The summed E-state index contributed by atoms with van der Waals surface area (Å²) >= 11 is 0. The number of ether oxygens (including phenoxy) is 2. The number of hydrogen-bond donors (Lipinski definition) is 1. The van der Waals surface area contributed by atoms with Crippen molar-refractivity contribution in [1.29, 1.82) is 0 Å². The van der Waals surface area contributed by atoms with Crippen molar-refractivity contribution >= 4 is 11.7 Å². The largest absolute Gasteiger partial charge is 0.454 e. The topological polar surface area (TPSA) is 76.1 Å². The minimum Gasteiger partial charge on any atom is -0.454 e. The van der Waals surface area contributed by atoms with Crippen molar-refractivity contribution in [2.24, 2.45) is 0 Å². The summed E-state index contributed by atoms with van der Waals surface area (Å²) in [6.45, 7) is 2.98. The number of likely N-dealkylation sites (tertiary alicyclic amines) is 1. The Balaban J connectivity index is 0.00000294. The molecule has 0 aromatic heterocycles. The second-order valence-electron chi connectivity index (χ2n) is 10.5. The van der Waals surface area contributed by atoms with Gasteiger partial charge >= 0.3 is 0 Å². The summed E-state index contributed by atoms with van der Waals surface area (Å²) in [4.78, 5) is 28.2. The van der Waals surface area contributed by atoms with Crippen molar-refractivity contribution in [3.63, 3.8) is 0 Å². The number of hydrogen-bond acceptors (Lipinski definition) is 5. The quantitative estimate of drug-likeness (QED) is 0.491. The highest BCUT2D eigenvalue weighted by Gasteiger charge is 2.50. The van der Waals surface area contributed by atoms with Gasteiger partial charge in [0.1, 0.15) is 5.78 Å². The molecule has 1 atom stereocenters. The molecule has 1 aliphatic carbocycles. The van der Waals surface area contributed by atoms with Crippen LogP contribution in [0.25, 0.3) is 11.1 Å². The fraction of sp³-hybridized carbons (Fsp3) is 0.355. The molecule has 2 heterocycles. The van der Waals surface area contributed by atoms with Crippen LogP contribution in [0, 0.1) is 6.92 Å². The maximum atomic E-state index is 13.5. The number of rotatable bonds is 7. The lowest BCUT2D eigenvalue weighted by atomic mass is 9.87. The molecule has 1 N–H and O–H groups in total. The SMILES string of the molecule is Cc1ccc(CC(=O)C2(c3ccc4c(c3)OCO4)CC2)cc1-c1ccc(C(=O)N2CCCC2CO)cc1.[HH]. The number of amides is 1. The van der Waals surface area contributed by atoms with Crippen LogP contribution < -0.4 is 9.47 Å². The van der Waals surface area contributed by atoms with E-state index in [1.165, 1.54) is 0 Å². The third-order valence-corrected chi connectivity index (χ3v) is 8.17. The first-order valence-electron chi connectivity index (χ1n) is 13.0. The van der Waals surface area contributed by atoms with Gasteiger partial charge in [-0.1, -0.05) is 36.4 Å². The molecule has 0 radical (unpaired) electrons. The fourth-order valence-electron chi connectivity index (χ4n) is 5.74. The Labute approximate surface area is 218 Å². The molecule has 192 valence electrons. The number of Topliss-reactive ketones (excluding diaryl/α,β-unsaturated/α-hetero) is 1. The van der Waals surface area contributed by atoms with Crippen LogP contribution in [0.1, 0.15) is 54.2 Å². The number of aliphatic hydroxyl groups excluding tert-OH is 1. The van der Waals surface area contributed by atoms with Gasteiger partial charge in [-0.05, 0) is 84.7 Å². The van der Waals surface area contributed by atoms with Gasteiger partial charge in [0.15, 0.2) is 11.5 Å². The zero-order chi connectivity index (χ0) is 25.6. The maximum Gasteiger partial charge on any atom is 0.254 e. The van der Waals surface area contributed by atoms with Crippen molar-refractivity contribution in [2.45, 2.75) is 50.5 Å². The average molecular weight is 500 g/mol. The number of fused-ring (bicyclic) bond motifs is 1. The number of benzene rings is 3. The van der Waals surface area contributed by atoms with E-state index in [4.69, 9.17) is 9.47 Å². The molecule has 3 aliphatic rings. The summed E-state index contributed by atoms with van der Waals surface area (Å²) in [7, 11) is 0. The second kappa shape index (κ2) is 9.34. The van der Waals surface area contributed by atoms with Crippen LogP contribution in [0.3, 0.4) is 0 Å². The molecular formula is C31H33NO5. The van der Waals surface area contributed by atoms with Gasteiger partial charge in [0.25, 0.3) is 5.91 Å². The Kier molecular flexibility index (Phi) is 6.00. The minimum absolute atomic E-state index is 0. The van der Waals surface area contributed by atoms with Crippen LogP contribution >= 0.6 is 0 Å². The van der Waals surface area contributed by atoms with Gasteiger partial charge < -0.3 is 19.5 Å². The monoisotopic (exact) mass is 499 g/mol. The fourth-order valence-corrected chi connectivity index (χ4v) is 5.74. The molecule has 1 amide bonds. The Bertz CT molecular complexity index is 1370. The van der Waals surface area contributed by atoms with E-state index in [-0.39, 0.29) is 32.6 Å². The van der Waals surface area contributed by atoms with Crippen LogP contribution in [-0.4, -0.2) is 47.7 Å². The first-order chi connectivity index (χ1) is 18.0. The highest BCUT2D eigenvalue weighted by molar-refractivity contribution is 5.96. The van der Waals surface area contributed by atoms with E-state index < -0.39 is 5.41 Å². The van der Waals surface area contributed by atoms with E-state index in [0.29, 0.717) is 24.3 Å². The van der Waals surface area contributed by atoms with E-state index in [0.717, 1.165) is 59.3 Å². The number of aryl methyl sites for hydroxylation is 1. The third kappa shape index (κ3) is 4.29. The highest BCUT2D eigenvalue weighted by atomic mass is 16.7. The van der Waals surface area contributed by atoms with Crippen LogP contribution in [0.15, 0.2) is 60.7 Å². The van der Waals surface area contributed by atoms with Gasteiger partial charge in [-0.2, -0.15) is 0 Å². The van der Waals surface area contributed by atoms with Gasteiger partial charge in [0.05, 0.1) is 18.1 Å². The molecule has 2 fully saturated rings. The molecule has 6 heteroatoms. The number of carbonyl (C=O) groups excluding carboxylic acids is 2. The Morgan fingerprint density at radius 2 is 1.81 bits per heavy atom. The molecule has 3 aromatic carbocycles. The van der Waals surface area contributed by atoms with Crippen LogP contribution in [-0.2, 0) is 16.6 Å². The van der Waals surface area contributed by atoms with Crippen molar-refractivity contribution in [3.05, 3.63) is 82.9 Å². The van der Waals surface area contributed by atoms with E-state index in [1.807, 2.05) is 48.5 Å². The smallest absolute Gasteiger partial charge is 0.254 e. The summed E-state index contributed by atoms with van der Waals surface area (Å²) in [5.74, 6) is 1.65. The predicted molar refractivity (Wildman–Crippen MR) is 142 cm³/mol. The van der Waals surface area contributed by atoms with Gasteiger partial charge in [-0.25, -0.2) is 0 Å². The van der Waals surface area contributed by atoms with E-state index in [1.54, 1.807) is 4.90 Å². The molecule has 1 saturated carbocycles. The summed E-state index contributed by atoms with van der Waals surface area (Å²) < 4.78 is 11.0. The number of carbonyl (C=O) groups is 2. The van der Waals surface area contributed by atoms with Crippen molar-refractivity contribution < 1.29 is 25.6 Å². The predicted octanol–water partition coefficient (Wildman–Crippen LogP) is 5.08. The maximum absolute atomic E-state index is 13.5. The summed E-state index contributed by atoms with van der Waals surface area (Å²) in [6, 6.07) is 19.6. The van der Waals surface area contributed by atoms with E-state index in [2.05, 4.69) is 19.1 Å². The van der Waals surface area contributed by atoms with Gasteiger partial charge in [-0.15, -0.1) is 0 Å². The molecule has 1 unspecified atom stereocenters. The van der Waals surface area contributed by atoms with Crippen LogP contribution in [0.2, 0.25) is 0 Å². The van der Waals surface area contributed by atoms with Crippen molar-refractivity contribution in [1.82, 2.24) is 4.90 Å². The average Bonchev–Trinajstić information content (AvgIpc) is 3.37. The first kappa shape index (κ1) is 23.7. The summed E-state index contributed by atoms with van der Waals surface area (Å²) in [5.41, 5.74) is 5.39. The molecule has 0 bridgehead atoms. The van der Waals surface area contributed by atoms with Gasteiger partial charge in [0, 0.05) is 20.0 Å². The molecule has 6 rings (SSSR count). The number of ketones is 1. The summed E-state index contributed by atoms with van der Waals surface area (Å²) in [6.07, 6.45) is 3.86. The molecular weight excluding hydrogens is 466 g/mol. The third-order valence-electron chi connectivity index (χ3n) is 8.17. The van der Waals surface area contributed by atoms with Crippen molar-refractivity contribution in [2.75, 3.05) is 19.9 Å². The van der Waals surface area contributed by atoms with Gasteiger partial charge in [0.2, 0.25) is 6.79 Å². The lowest BCUT2D eigenvalue weighted by molar-refractivity contribution is -0.120. The van der Waals surface area contributed by atoms with Gasteiger partial charge in [-0.3, -0.25) is 9.59 Å². The zero-order valence-corrected chi connectivity index (χ0v) is 21.0. The second-order valence-corrected chi connectivity index (χ2v) is 10.5. The lowest BCUT2D eigenvalue weighted by Crippen LogP contribution is -2.37. The lowest BCUT2D eigenvalue weighted by Gasteiger charge is -2.23. The molecule has 2 aliphatic heterocycles. The van der Waals surface area contributed by atoms with Crippen LogP contribution in [0.4, 0.5) is 0 Å². The molecule has 1 saturated heterocycles. The molecule has 6 nitrogen and oxygen atoms in total. The molecule has 37 heavy (non-hydrogen) atoms. The highest BCUT2D eigenvalue weighted by Crippen LogP contribution is 2.51. The standard InChI is InChI=1S/C31H31NO5.H2/c1-20-4-5-21(16-29(34)31(12-13-31)24-10-11-27-28(17-24)37-19-36-27)15-26(20)22-6-8-23(9-7-22)30(35)32-14-2-3-25(32)18-33;/h4-11,15,17,25,33H,2-3,12-14,16,18-19H2,1H3;1H. The van der Waals surface area contributed by atoms with Crippen molar-refractivity contribution in [3.8, 4) is 22.6 Å². The normalized spacial score (nSPS) is 19.2. The van der Waals surface area contributed by atoms with E-state index in [9.17, 15) is 14.7 Å². The summed E-state index contributed by atoms with van der Waals surface area (Å²) in [5, 5.41) is 9.57. The van der Waals surface area contributed by atoms with Crippen LogP contribution in [0.5, 0.6) is 11.5 Å². The van der Waals surface area contributed by atoms with E-state index >= 15 is 0 Å². The Hall–Kier alpha value is -3.64. The number of aliphatic hydroxyl groups is 1. The minimum atomic E-state index is -0.434. The number of nitrogens with zero attached hydrogens (tertiary/aromatic N) is 1. The molecule has 0 spiro atoms. The Morgan fingerprint density at radius 3 is 2.57 bits per heavy atom.